The van der Waals surface area contributed by atoms with E-state index in [1.54, 1.807) is 22.4 Å². The summed E-state index contributed by atoms with van der Waals surface area (Å²) in [7, 11) is 0. The second-order valence-electron chi connectivity index (χ2n) is 7.08. The summed E-state index contributed by atoms with van der Waals surface area (Å²) in [6.45, 7) is 3.96. The zero-order chi connectivity index (χ0) is 19.7. The van der Waals surface area contributed by atoms with Gasteiger partial charge in [-0.2, -0.15) is 0 Å². The molecule has 1 aromatic carbocycles. The van der Waals surface area contributed by atoms with Gasteiger partial charge in [0.25, 0.3) is 0 Å². The molecule has 1 N–H and O–H groups in total. The number of carbonyl (C=O) groups is 2. The van der Waals surface area contributed by atoms with Crippen LogP contribution in [0.15, 0.2) is 60.1 Å². The van der Waals surface area contributed by atoms with E-state index in [1.165, 1.54) is 0 Å². The highest BCUT2D eigenvalue weighted by molar-refractivity contribution is 7.10. The molecule has 0 bridgehead atoms. The fourth-order valence-corrected chi connectivity index (χ4v) is 4.47. The molecule has 5 nitrogen and oxygen atoms in total. The van der Waals surface area contributed by atoms with Gasteiger partial charge in [-0.3, -0.25) is 9.59 Å². The minimum Gasteiger partial charge on any atom is -0.310 e. The van der Waals surface area contributed by atoms with Crippen LogP contribution in [0.3, 0.4) is 0 Å². The van der Waals surface area contributed by atoms with E-state index in [0.717, 1.165) is 21.7 Å². The summed E-state index contributed by atoms with van der Waals surface area (Å²) in [6.07, 6.45) is 1.84. The number of anilines is 2. The third-order valence-corrected chi connectivity index (χ3v) is 5.92. The Bertz CT molecular complexity index is 999. The van der Waals surface area contributed by atoms with Crippen LogP contribution >= 0.6 is 11.3 Å². The van der Waals surface area contributed by atoms with Gasteiger partial charge in [0, 0.05) is 23.2 Å². The fraction of sp³-hybridized carbons (Fsp3) is 0.227. The van der Waals surface area contributed by atoms with Crippen molar-refractivity contribution < 1.29 is 9.59 Å². The van der Waals surface area contributed by atoms with Crippen molar-refractivity contribution in [2.45, 2.75) is 26.3 Å². The maximum absolute atomic E-state index is 13.1. The van der Waals surface area contributed by atoms with Gasteiger partial charge >= 0.3 is 0 Å². The van der Waals surface area contributed by atoms with Gasteiger partial charge in [-0.15, -0.1) is 11.3 Å². The maximum atomic E-state index is 13.1. The molecule has 1 aliphatic heterocycles. The molecule has 142 valence electrons. The molecule has 0 aliphatic carbocycles. The minimum atomic E-state index is -0.477. The smallest absolute Gasteiger partial charge is 0.231 e. The lowest BCUT2D eigenvalue weighted by Crippen LogP contribution is -2.32. The predicted octanol–water partition coefficient (Wildman–Crippen LogP) is 4.49. The molecule has 0 radical (unpaired) electrons. The van der Waals surface area contributed by atoms with E-state index in [2.05, 4.69) is 10.3 Å². The first-order valence-electron chi connectivity index (χ1n) is 9.18. The van der Waals surface area contributed by atoms with Crippen LogP contribution in [0, 0.1) is 19.8 Å². The lowest BCUT2D eigenvalue weighted by atomic mass is 9.97. The lowest BCUT2D eigenvalue weighted by Gasteiger charge is -2.27. The first-order chi connectivity index (χ1) is 13.5. The Morgan fingerprint density at radius 3 is 2.61 bits per heavy atom. The topological polar surface area (TPSA) is 62.3 Å². The molecule has 1 saturated heterocycles. The van der Waals surface area contributed by atoms with Crippen molar-refractivity contribution in [2.24, 2.45) is 5.92 Å². The highest BCUT2D eigenvalue weighted by Crippen LogP contribution is 2.43. The Morgan fingerprint density at radius 2 is 1.93 bits per heavy atom. The van der Waals surface area contributed by atoms with Crippen molar-refractivity contribution >= 4 is 34.7 Å². The molecule has 0 saturated carbocycles. The normalized spacial score (nSPS) is 19.1. The summed E-state index contributed by atoms with van der Waals surface area (Å²) in [5.74, 6) is -0.190. The first-order valence-corrected chi connectivity index (χ1v) is 10.1. The van der Waals surface area contributed by atoms with E-state index in [1.807, 2.05) is 67.8 Å². The molecular weight excluding hydrogens is 370 g/mol. The maximum Gasteiger partial charge on any atom is 0.231 e. The van der Waals surface area contributed by atoms with Crippen LogP contribution in [0.4, 0.5) is 11.5 Å². The SMILES string of the molecule is Cc1ccc(N2C(=O)C[C@H](C(=O)Nc3cc(C)ccn3)[C@H]2c2cccs2)cc1. The van der Waals surface area contributed by atoms with Crippen molar-refractivity contribution in [1.29, 1.82) is 0 Å². The van der Waals surface area contributed by atoms with E-state index in [0.29, 0.717) is 5.82 Å². The molecular formula is C22H21N3O2S. The number of benzene rings is 1. The number of aromatic nitrogens is 1. The molecule has 2 aromatic heterocycles. The monoisotopic (exact) mass is 391 g/mol. The Balaban J connectivity index is 1.67. The molecule has 4 rings (SSSR count). The molecule has 2 atom stereocenters. The molecule has 28 heavy (non-hydrogen) atoms. The Kier molecular flexibility index (Phi) is 4.96. The van der Waals surface area contributed by atoms with Gasteiger partial charge in [-0.25, -0.2) is 4.98 Å². The van der Waals surface area contributed by atoms with Gasteiger partial charge in [-0.05, 0) is 55.1 Å². The van der Waals surface area contributed by atoms with Crippen LogP contribution in [0.25, 0.3) is 0 Å². The summed E-state index contributed by atoms with van der Waals surface area (Å²) in [5.41, 5.74) is 2.96. The van der Waals surface area contributed by atoms with E-state index in [-0.39, 0.29) is 24.3 Å². The lowest BCUT2D eigenvalue weighted by molar-refractivity contribution is -0.122. The largest absolute Gasteiger partial charge is 0.310 e. The predicted molar refractivity (Wildman–Crippen MR) is 111 cm³/mol. The standard InChI is InChI=1S/C22H21N3O2S/c1-14-5-7-16(8-6-14)25-20(26)13-17(21(25)18-4-3-11-28-18)22(27)24-19-12-15(2)9-10-23-19/h3-12,17,21H,13H2,1-2H3,(H,23,24,27)/t17-,21-/m0/s1. The van der Waals surface area contributed by atoms with E-state index >= 15 is 0 Å². The Labute approximate surface area is 168 Å². The van der Waals surface area contributed by atoms with Crippen LogP contribution < -0.4 is 10.2 Å². The van der Waals surface area contributed by atoms with Crippen LogP contribution in [0.1, 0.15) is 28.5 Å². The van der Waals surface area contributed by atoms with Crippen molar-refractivity contribution in [3.8, 4) is 0 Å². The summed E-state index contributed by atoms with van der Waals surface area (Å²) in [6, 6.07) is 15.2. The van der Waals surface area contributed by atoms with Crippen LogP contribution in [0.5, 0.6) is 0 Å². The molecule has 0 spiro atoms. The van der Waals surface area contributed by atoms with Crippen LogP contribution in [-0.2, 0) is 9.59 Å². The van der Waals surface area contributed by atoms with E-state index < -0.39 is 5.92 Å². The summed E-state index contributed by atoms with van der Waals surface area (Å²) in [5, 5.41) is 4.87. The molecule has 1 fully saturated rings. The van der Waals surface area contributed by atoms with Gasteiger partial charge in [0.2, 0.25) is 11.8 Å². The number of nitrogens with one attached hydrogen (secondary N) is 1. The number of carbonyl (C=O) groups excluding carboxylic acids is 2. The number of thiophene rings is 1. The second-order valence-corrected chi connectivity index (χ2v) is 8.06. The van der Waals surface area contributed by atoms with Gasteiger partial charge in [0.15, 0.2) is 0 Å². The van der Waals surface area contributed by atoms with Gasteiger partial charge in [0.1, 0.15) is 5.82 Å². The number of amides is 2. The minimum absolute atomic E-state index is 0.0420. The quantitative estimate of drug-likeness (QED) is 0.713. The average Bonchev–Trinajstić information content (AvgIpc) is 3.30. The molecule has 6 heteroatoms. The van der Waals surface area contributed by atoms with Crippen LogP contribution in [0.2, 0.25) is 0 Å². The Morgan fingerprint density at radius 1 is 1.14 bits per heavy atom. The van der Waals surface area contributed by atoms with Gasteiger partial charge in [-0.1, -0.05) is 23.8 Å². The van der Waals surface area contributed by atoms with Crippen LogP contribution in [-0.4, -0.2) is 16.8 Å². The number of nitrogens with zero attached hydrogens (tertiary/aromatic N) is 2. The molecule has 1 aliphatic rings. The van der Waals surface area contributed by atoms with Crippen molar-refractivity contribution in [1.82, 2.24) is 4.98 Å². The molecule has 0 unspecified atom stereocenters. The van der Waals surface area contributed by atoms with Crippen molar-refractivity contribution in [3.63, 3.8) is 0 Å². The number of aryl methyl sites for hydroxylation is 2. The molecule has 3 aromatic rings. The third kappa shape index (κ3) is 3.55. The summed E-state index contributed by atoms with van der Waals surface area (Å²) in [4.78, 5) is 33.0. The highest BCUT2D eigenvalue weighted by atomic mass is 32.1. The first kappa shape index (κ1) is 18.4. The molecule has 3 heterocycles. The third-order valence-electron chi connectivity index (χ3n) is 4.97. The van der Waals surface area contributed by atoms with Crippen molar-refractivity contribution in [3.05, 3.63) is 76.1 Å². The van der Waals surface area contributed by atoms with Gasteiger partial charge in [0.05, 0.1) is 12.0 Å². The summed E-state index contributed by atoms with van der Waals surface area (Å²) >= 11 is 1.56. The van der Waals surface area contributed by atoms with Crippen molar-refractivity contribution in [2.75, 3.05) is 10.2 Å². The molecule has 2 amide bonds. The second kappa shape index (κ2) is 7.56. The van der Waals surface area contributed by atoms with E-state index in [4.69, 9.17) is 0 Å². The number of pyridine rings is 1. The number of hydrogen-bond acceptors (Lipinski definition) is 4. The fourth-order valence-electron chi connectivity index (χ4n) is 3.59. The summed E-state index contributed by atoms with van der Waals surface area (Å²) < 4.78 is 0. The number of rotatable bonds is 4. The zero-order valence-electron chi connectivity index (χ0n) is 15.8. The average molecular weight is 391 g/mol. The van der Waals surface area contributed by atoms with E-state index in [9.17, 15) is 9.59 Å². The number of hydrogen-bond donors (Lipinski definition) is 1. The van der Waals surface area contributed by atoms with Gasteiger partial charge < -0.3 is 10.2 Å². The Hall–Kier alpha value is -2.99. The zero-order valence-corrected chi connectivity index (χ0v) is 16.6. The highest BCUT2D eigenvalue weighted by Gasteiger charge is 2.45.